The number of allylic oxidation sites excluding steroid dienone is 2. The SMILES string of the molecule is O=C(CSc1nc2nc(C3=CCC=C=N3)c(-c3ccccn3)nc2c(=O)[nH]1)c1ccccc1. The maximum absolute atomic E-state index is 12.8. The Labute approximate surface area is 192 Å². The number of pyridine rings is 1. The van der Waals surface area contributed by atoms with Gasteiger partial charge in [-0.3, -0.25) is 19.6 Å². The summed E-state index contributed by atoms with van der Waals surface area (Å²) in [6.45, 7) is 0. The quantitative estimate of drug-likeness (QED) is 0.269. The van der Waals surface area contributed by atoms with E-state index >= 15 is 0 Å². The fourth-order valence-corrected chi connectivity index (χ4v) is 3.99. The predicted octanol–water partition coefficient (Wildman–Crippen LogP) is 3.72. The first-order valence-corrected chi connectivity index (χ1v) is 11.1. The highest BCUT2D eigenvalue weighted by Gasteiger charge is 2.19. The number of carbonyl (C=O) groups is 1. The molecule has 1 aliphatic rings. The Morgan fingerprint density at radius 1 is 1.03 bits per heavy atom. The minimum absolute atomic E-state index is 0.0610. The zero-order valence-corrected chi connectivity index (χ0v) is 18.0. The molecule has 0 radical (unpaired) electrons. The molecule has 33 heavy (non-hydrogen) atoms. The molecule has 1 aliphatic heterocycles. The van der Waals surface area contributed by atoms with E-state index in [0.717, 1.165) is 11.8 Å². The summed E-state index contributed by atoms with van der Waals surface area (Å²) in [5.74, 6) is 2.91. The lowest BCUT2D eigenvalue weighted by molar-refractivity contribution is 0.102. The number of nitrogens with zero attached hydrogens (tertiary/aromatic N) is 5. The highest BCUT2D eigenvalue weighted by molar-refractivity contribution is 7.99. The summed E-state index contributed by atoms with van der Waals surface area (Å²) in [5, 5.41) is 0.295. The lowest BCUT2D eigenvalue weighted by atomic mass is 10.1. The van der Waals surface area contributed by atoms with Crippen molar-refractivity contribution in [2.45, 2.75) is 11.6 Å². The number of nitrogens with one attached hydrogen (secondary N) is 1. The van der Waals surface area contributed by atoms with Crippen LogP contribution in [0.25, 0.3) is 28.2 Å². The average molecular weight is 452 g/mol. The van der Waals surface area contributed by atoms with Crippen molar-refractivity contribution in [3.05, 3.63) is 88.5 Å². The van der Waals surface area contributed by atoms with E-state index in [9.17, 15) is 9.59 Å². The second-order valence-electron chi connectivity index (χ2n) is 7.03. The Balaban J connectivity index is 1.56. The van der Waals surface area contributed by atoms with Crippen LogP contribution in [0.1, 0.15) is 22.5 Å². The molecule has 0 spiro atoms. The summed E-state index contributed by atoms with van der Waals surface area (Å²) < 4.78 is 0. The predicted molar refractivity (Wildman–Crippen MR) is 127 cm³/mol. The van der Waals surface area contributed by atoms with E-state index in [2.05, 4.69) is 35.8 Å². The molecule has 160 valence electrons. The van der Waals surface area contributed by atoms with Crippen LogP contribution in [0.2, 0.25) is 0 Å². The van der Waals surface area contributed by atoms with Crippen LogP contribution < -0.4 is 5.56 Å². The molecule has 1 aromatic carbocycles. The fourth-order valence-electron chi connectivity index (χ4n) is 3.24. The number of Topliss-reactive ketones (excluding diaryl/α,β-unsaturated/α-hetero) is 1. The summed E-state index contributed by atoms with van der Waals surface area (Å²) in [5.41, 5.74) is 2.49. The van der Waals surface area contributed by atoms with Gasteiger partial charge < -0.3 is 0 Å². The van der Waals surface area contributed by atoms with E-state index in [0.29, 0.717) is 39.9 Å². The summed E-state index contributed by atoms with van der Waals surface area (Å²) in [4.78, 5) is 50.2. The van der Waals surface area contributed by atoms with E-state index in [1.165, 1.54) is 0 Å². The van der Waals surface area contributed by atoms with E-state index in [1.807, 2.05) is 30.3 Å². The maximum atomic E-state index is 12.8. The van der Waals surface area contributed by atoms with Gasteiger partial charge in [0, 0.05) is 11.8 Å². The molecule has 5 rings (SSSR count). The van der Waals surface area contributed by atoms with Gasteiger partial charge in [0.15, 0.2) is 22.1 Å². The third kappa shape index (κ3) is 4.41. The molecular weight excluding hydrogens is 436 g/mol. The van der Waals surface area contributed by atoms with Gasteiger partial charge in [-0.15, -0.1) is 0 Å². The summed E-state index contributed by atoms with van der Waals surface area (Å²) >= 11 is 1.14. The fraction of sp³-hybridized carbons (Fsp3) is 0.0833. The molecule has 4 heterocycles. The van der Waals surface area contributed by atoms with Crippen molar-refractivity contribution in [2.75, 3.05) is 5.75 Å². The van der Waals surface area contributed by atoms with Crippen LogP contribution in [-0.4, -0.2) is 42.3 Å². The smallest absolute Gasteiger partial charge is 0.279 e. The molecule has 8 nitrogen and oxygen atoms in total. The molecule has 0 amide bonds. The average Bonchev–Trinajstić information content (AvgIpc) is 2.88. The van der Waals surface area contributed by atoms with Crippen LogP contribution in [0.4, 0.5) is 0 Å². The zero-order valence-electron chi connectivity index (χ0n) is 17.2. The summed E-state index contributed by atoms with van der Waals surface area (Å²) in [7, 11) is 0. The molecule has 0 saturated carbocycles. The summed E-state index contributed by atoms with van der Waals surface area (Å²) in [6.07, 6.45) is 6.01. The minimum atomic E-state index is -0.438. The number of aromatic nitrogens is 5. The van der Waals surface area contributed by atoms with Crippen LogP contribution in [0.3, 0.4) is 0 Å². The van der Waals surface area contributed by atoms with E-state index < -0.39 is 5.56 Å². The van der Waals surface area contributed by atoms with Gasteiger partial charge in [0.1, 0.15) is 11.4 Å². The van der Waals surface area contributed by atoms with Crippen molar-refractivity contribution in [3.8, 4) is 11.4 Å². The number of benzene rings is 1. The normalized spacial score (nSPS) is 12.7. The molecule has 9 heteroatoms. The van der Waals surface area contributed by atoms with Crippen molar-refractivity contribution in [1.29, 1.82) is 0 Å². The van der Waals surface area contributed by atoms with Crippen LogP contribution in [0, 0.1) is 0 Å². The van der Waals surface area contributed by atoms with E-state index in [-0.39, 0.29) is 22.7 Å². The number of hydrogen-bond acceptors (Lipinski definition) is 8. The second-order valence-corrected chi connectivity index (χ2v) is 7.99. The molecule has 0 aliphatic carbocycles. The molecule has 0 atom stereocenters. The number of aliphatic imine (C=N–C) groups is 1. The number of ketones is 1. The van der Waals surface area contributed by atoms with Crippen LogP contribution in [-0.2, 0) is 0 Å². The molecule has 0 fully saturated rings. The Kier molecular flexibility index (Phi) is 5.72. The lowest BCUT2D eigenvalue weighted by Crippen LogP contribution is -2.14. The standard InChI is InChI=1S/C24H16N6O2S/c31-18(15-8-2-1-3-9-15)14-33-24-29-22-21(23(32)30-24)27-19(16-10-4-6-12-25-16)20(28-22)17-11-5-7-13-26-17/h1-4,6-12H,5,14H2,(H,28,29,30,32). The van der Waals surface area contributed by atoms with Crippen LogP contribution in [0.15, 0.2) is 81.8 Å². The van der Waals surface area contributed by atoms with Gasteiger partial charge in [0.05, 0.1) is 17.1 Å². The van der Waals surface area contributed by atoms with E-state index in [1.54, 1.807) is 36.5 Å². The molecule has 0 unspecified atom stereocenters. The van der Waals surface area contributed by atoms with Gasteiger partial charge in [-0.05, 0) is 30.5 Å². The van der Waals surface area contributed by atoms with Gasteiger partial charge in [-0.1, -0.05) is 54.2 Å². The van der Waals surface area contributed by atoms with Crippen molar-refractivity contribution < 1.29 is 4.79 Å². The highest BCUT2D eigenvalue weighted by atomic mass is 32.2. The van der Waals surface area contributed by atoms with Gasteiger partial charge >= 0.3 is 0 Å². The zero-order chi connectivity index (χ0) is 22.6. The largest absolute Gasteiger partial charge is 0.299 e. The topological polar surface area (TPSA) is 114 Å². The molecule has 3 aromatic heterocycles. The van der Waals surface area contributed by atoms with Crippen molar-refractivity contribution in [3.63, 3.8) is 0 Å². The first kappa shape index (κ1) is 20.7. The van der Waals surface area contributed by atoms with Gasteiger partial charge in [0.2, 0.25) is 0 Å². The van der Waals surface area contributed by atoms with Crippen molar-refractivity contribution in [2.24, 2.45) is 4.99 Å². The molecule has 0 bridgehead atoms. The van der Waals surface area contributed by atoms with Crippen LogP contribution in [0.5, 0.6) is 0 Å². The number of rotatable bonds is 6. The van der Waals surface area contributed by atoms with Gasteiger partial charge in [-0.2, -0.15) is 0 Å². The molecule has 1 N–H and O–H groups in total. The van der Waals surface area contributed by atoms with Gasteiger partial charge in [0.25, 0.3) is 5.56 Å². The van der Waals surface area contributed by atoms with Crippen molar-refractivity contribution in [1.82, 2.24) is 24.9 Å². The number of carbonyl (C=O) groups excluding carboxylic acids is 1. The van der Waals surface area contributed by atoms with Gasteiger partial charge in [-0.25, -0.2) is 19.9 Å². The third-order valence-electron chi connectivity index (χ3n) is 4.81. The Morgan fingerprint density at radius 3 is 2.64 bits per heavy atom. The van der Waals surface area contributed by atoms with Crippen molar-refractivity contribution >= 4 is 40.3 Å². The number of aromatic amines is 1. The second kappa shape index (κ2) is 9.12. The Bertz CT molecular complexity index is 1510. The molecular formula is C24H16N6O2S. The molecule has 4 aromatic rings. The maximum Gasteiger partial charge on any atom is 0.279 e. The minimum Gasteiger partial charge on any atom is -0.299 e. The number of thioether (sulfide) groups is 1. The first-order chi connectivity index (χ1) is 16.2. The third-order valence-corrected chi connectivity index (χ3v) is 5.68. The Morgan fingerprint density at radius 2 is 1.88 bits per heavy atom. The van der Waals surface area contributed by atoms with Crippen LogP contribution >= 0.6 is 11.8 Å². The number of fused-ring (bicyclic) bond motifs is 1. The number of hydrogen-bond donors (Lipinski definition) is 1. The first-order valence-electron chi connectivity index (χ1n) is 10.1. The summed E-state index contributed by atoms with van der Waals surface area (Å²) in [6, 6.07) is 14.4. The highest BCUT2D eigenvalue weighted by Crippen LogP contribution is 2.28. The van der Waals surface area contributed by atoms with E-state index in [4.69, 9.17) is 0 Å². The Hall–Kier alpha value is -4.20. The number of H-pyrrole nitrogens is 1. The monoisotopic (exact) mass is 452 g/mol. The lowest BCUT2D eigenvalue weighted by Gasteiger charge is -2.10. The molecule has 0 saturated heterocycles.